The zero-order valence-electron chi connectivity index (χ0n) is 11.5. The van der Waals surface area contributed by atoms with Gasteiger partial charge in [0.05, 0.1) is 17.6 Å². The fourth-order valence-corrected chi connectivity index (χ4v) is 3.10. The maximum atomic E-state index is 12.2. The van der Waals surface area contributed by atoms with Gasteiger partial charge in [-0.3, -0.25) is 0 Å². The van der Waals surface area contributed by atoms with Crippen LogP contribution in [0.5, 0.6) is 0 Å². The average molecular weight is 318 g/mol. The molecule has 0 spiro atoms. The van der Waals surface area contributed by atoms with E-state index in [2.05, 4.69) is 9.46 Å². The number of carbonyl (C=O) groups is 1. The molecule has 0 saturated carbocycles. The van der Waals surface area contributed by atoms with Crippen LogP contribution in [0.15, 0.2) is 23.1 Å². The summed E-state index contributed by atoms with van der Waals surface area (Å²) in [5.41, 5.74) is 5.80. The van der Waals surface area contributed by atoms with Gasteiger partial charge in [-0.15, -0.1) is 0 Å². The second-order valence-electron chi connectivity index (χ2n) is 4.15. The molecule has 0 aliphatic heterocycles. The van der Waals surface area contributed by atoms with Gasteiger partial charge in [0.2, 0.25) is 10.0 Å². The van der Waals surface area contributed by atoms with E-state index < -0.39 is 16.0 Å². The number of sulfonamides is 1. The smallest absolute Gasteiger partial charge is 0.339 e. The van der Waals surface area contributed by atoms with Crippen molar-refractivity contribution in [3.05, 3.63) is 23.8 Å². The van der Waals surface area contributed by atoms with Crippen molar-refractivity contribution in [3.63, 3.8) is 0 Å². The predicted molar refractivity (Wildman–Crippen MR) is 80.4 cm³/mol. The molecule has 0 aliphatic carbocycles. The van der Waals surface area contributed by atoms with Crippen LogP contribution in [0.2, 0.25) is 0 Å². The van der Waals surface area contributed by atoms with Crippen LogP contribution in [0.1, 0.15) is 17.3 Å². The molecule has 0 radical (unpaired) electrons. The van der Waals surface area contributed by atoms with E-state index in [0.29, 0.717) is 5.69 Å². The second-order valence-corrected chi connectivity index (χ2v) is 7.16. The second kappa shape index (κ2) is 6.96. The van der Waals surface area contributed by atoms with E-state index in [1.54, 1.807) is 0 Å². The van der Waals surface area contributed by atoms with Crippen molar-refractivity contribution in [1.82, 2.24) is 4.72 Å². The van der Waals surface area contributed by atoms with Gasteiger partial charge < -0.3 is 10.5 Å². The maximum Gasteiger partial charge on any atom is 0.339 e. The Morgan fingerprint density at radius 2 is 2.15 bits per heavy atom. The van der Waals surface area contributed by atoms with Gasteiger partial charge in [-0.05, 0) is 24.5 Å². The number of esters is 1. The van der Waals surface area contributed by atoms with Gasteiger partial charge in [0, 0.05) is 17.5 Å². The van der Waals surface area contributed by atoms with E-state index in [4.69, 9.17) is 5.73 Å². The summed E-state index contributed by atoms with van der Waals surface area (Å²) in [6.45, 7) is 2.17. The van der Waals surface area contributed by atoms with Crippen molar-refractivity contribution < 1.29 is 17.9 Å². The predicted octanol–water partition coefficient (Wildman–Crippen LogP) is 1.09. The normalized spacial score (nSPS) is 12.9. The molecule has 1 aromatic rings. The number of hydrogen-bond donors (Lipinski definition) is 2. The lowest BCUT2D eigenvalue weighted by molar-refractivity contribution is 0.0596. The van der Waals surface area contributed by atoms with Crippen LogP contribution < -0.4 is 10.5 Å². The number of nitrogens with one attached hydrogen (secondary N) is 1. The van der Waals surface area contributed by atoms with Crippen molar-refractivity contribution in [2.75, 3.05) is 25.6 Å². The highest BCUT2D eigenvalue weighted by Crippen LogP contribution is 2.20. The molecule has 0 heterocycles. The van der Waals surface area contributed by atoms with Gasteiger partial charge >= 0.3 is 5.97 Å². The highest BCUT2D eigenvalue weighted by atomic mass is 32.2. The topological polar surface area (TPSA) is 98.5 Å². The Morgan fingerprint density at radius 3 is 2.70 bits per heavy atom. The number of hydrogen-bond acceptors (Lipinski definition) is 6. The van der Waals surface area contributed by atoms with Crippen LogP contribution in [0.25, 0.3) is 0 Å². The minimum atomic E-state index is -3.79. The molecule has 0 fully saturated rings. The lowest BCUT2D eigenvalue weighted by atomic mass is 10.2. The molecule has 20 heavy (non-hydrogen) atoms. The number of carbonyl (C=O) groups excluding carboxylic acids is 1. The Kier molecular flexibility index (Phi) is 5.85. The third kappa shape index (κ3) is 4.12. The van der Waals surface area contributed by atoms with Crippen molar-refractivity contribution in [2.24, 2.45) is 0 Å². The van der Waals surface area contributed by atoms with Gasteiger partial charge in [-0.25, -0.2) is 17.9 Å². The molecular weight excluding hydrogens is 300 g/mol. The summed E-state index contributed by atoms with van der Waals surface area (Å²) >= 11 is 1.54. The number of benzene rings is 1. The Hall–Kier alpha value is -1.25. The first-order valence-corrected chi connectivity index (χ1v) is 8.59. The SMILES string of the molecule is COC(=O)c1cc(N)ccc1S(=O)(=O)NCC(C)SC. The lowest BCUT2D eigenvalue weighted by Crippen LogP contribution is -2.30. The molecule has 0 saturated heterocycles. The number of thioether (sulfide) groups is 1. The summed E-state index contributed by atoms with van der Waals surface area (Å²) in [6, 6.07) is 4.02. The van der Waals surface area contributed by atoms with Crippen LogP contribution in [0, 0.1) is 0 Å². The van der Waals surface area contributed by atoms with Crippen LogP contribution in [0.4, 0.5) is 5.69 Å². The van der Waals surface area contributed by atoms with Crippen LogP contribution in [0.3, 0.4) is 0 Å². The lowest BCUT2D eigenvalue weighted by Gasteiger charge is -2.13. The standard InChI is InChI=1S/C12H18N2O4S2/c1-8(19-3)7-14-20(16,17)11-5-4-9(13)6-10(11)12(15)18-2/h4-6,8,14H,7,13H2,1-3H3. The summed E-state index contributed by atoms with van der Waals surface area (Å²) in [6.07, 6.45) is 1.89. The van der Waals surface area contributed by atoms with Gasteiger partial charge in [-0.2, -0.15) is 11.8 Å². The summed E-state index contributed by atoms with van der Waals surface area (Å²) in [4.78, 5) is 11.5. The Labute approximate surface area is 123 Å². The number of nitrogen functional groups attached to an aromatic ring is 1. The fraction of sp³-hybridized carbons (Fsp3) is 0.417. The Morgan fingerprint density at radius 1 is 1.50 bits per heavy atom. The van der Waals surface area contributed by atoms with Crippen molar-refractivity contribution >= 4 is 33.4 Å². The molecule has 0 aliphatic rings. The summed E-state index contributed by atoms with van der Waals surface area (Å²) in [5.74, 6) is -0.740. The van der Waals surface area contributed by atoms with E-state index in [1.165, 1.54) is 37.1 Å². The number of methoxy groups -OCH3 is 1. The first-order chi connectivity index (χ1) is 9.31. The number of nitrogens with two attached hydrogens (primary N) is 1. The van der Waals surface area contributed by atoms with Gasteiger partial charge in [-0.1, -0.05) is 6.92 Å². The molecule has 3 N–H and O–H groups in total. The molecule has 1 rings (SSSR count). The van der Waals surface area contributed by atoms with Crippen LogP contribution >= 0.6 is 11.8 Å². The maximum absolute atomic E-state index is 12.2. The molecule has 0 aromatic heterocycles. The molecular formula is C12H18N2O4S2. The molecule has 1 atom stereocenters. The molecule has 0 bridgehead atoms. The zero-order chi connectivity index (χ0) is 15.3. The summed E-state index contributed by atoms with van der Waals surface area (Å²) in [5, 5.41) is 0.125. The first kappa shape index (κ1) is 16.8. The van der Waals surface area contributed by atoms with Gasteiger partial charge in [0.15, 0.2) is 0 Å². The summed E-state index contributed by atoms with van der Waals surface area (Å²) < 4.78 is 31.5. The van der Waals surface area contributed by atoms with E-state index in [1.807, 2.05) is 13.2 Å². The van der Waals surface area contributed by atoms with E-state index in [-0.39, 0.29) is 22.3 Å². The van der Waals surface area contributed by atoms with E-state index in [9.17, 15) is 13.2 Å². The molecule has 0 amide bonds. The molecule has 8 heteroatoms. The first-order valence-electron chi connectivity index (χ1n) is 5.82. The average Bonchev–Trinajstić information content (AvgIpc) is 2.43. The van der Waals surface area contributed by atoms with Gasteiger partial charge in [0.1, 0.15) is 0 Å². The number of anilines is 1. The minimum absolute atomic E-state index is 0.0724. The molecule has 112 valence electrons. The quantitative estimate of drug-likeness (QED) is 0.602. The van der Waals surface area contributed by atoms with Gasteiger partial charge in [0.25, 0.3) is 0 Å². The number of ether oxygens (including phenoxy) is 1. The largest absolute Gasteiger partial charge is 0.465 e. The highest BCUT2D eigenvalue weighted by molar-refractivity contribution is 7.99. The van der Waals surface area contributed by atoms with E-state index >= 15 is 0 Å². The Bertz CT molecular complexity index is 587. The minimum Gasteiger partial charge on any atom is -0.465 e. The van der Waals surface area contributed by atoms with Crippen molar-refractivity contribution in [1.29, 1.82) is 0 Å². The monoisotopic (exact) mass is 318 g/mol. The summed E-state index contributed by atoms with van der Waals surface area (Å²) in [7, 11) is -2.60. The third-order valence-electron chi connectivity index (χ3n) is 2.66. The number of rotatable bonds is 6. The van der Waals surface area contributed by atoms with Crippen LogP contribution in [-0.2, 0) is 14.8 Å². The molecule has 1 aromatic carbocycles. The van der Waals surface area contributed by atoms with Crippen molar-refractivity contribution in [2.45, 2.75) is 17.1 Å². The van der Waals surface area contributed by atoms with Crippen LogP contribution in [-0.4, -0.2) is 39.5 Å². The fourth-order valence-electron chi connectivity index (χ4n) is 1.44. The third-order valence-corrected chi connectivity index (χ3v) is 5.11. The molecule has 6 nitrogen and oxygen atoms in total. The molecule has 1 unspecified atom stereocenters. The highest BCUT2D eigenvalue weighted by Gasteiger charge is 2.23. The Balaban J connectivity index is 3.14. The van der Waals surface area contributed by atoms with E-state index in [0.717, 1.165) is 0 Å². The zero-order valence-corrected chi connectivity index (χ0v) is 13.2. The van der Waals surface area contributed by atoms with Crippen molar-refractivity contribution in [3.8, 4) is 0 Å².